The molecule has 3 aromatic carbocycles. The Labute approximate surface area is 186 Å². The first-order chi connectivity index (χ1) is 14.4. The van der Waals surface area contributed by atoms with Gasteiger partial charge in [-0.15, -0.1) is 11.8 Å². The van der Waals surface area contributed by atoms with Gasteiger partial charge in [-0.05, 0) is 73.0 Å². The van der Waals surface area contributed by atoms with E-state index in [2.05, 4.69) is 10.6 Å². The molecule has 0 heterocycles. The molecule has 0 spiro atoms. The van der Waals surface area contributed by atoms with E-state index in [1.165, 1.54) is 11.8 Å². The third kappa shape index (κ3) is 6.37. The molecule has 0 fully saturated rings. The van der Waals surface area contributed by atoms with E-state index in [1.807, 2.05) is 68.4 Å². The van der Waals surface area contributed by atoms with Crippen LogP contribution in [0.4, 0.5) is 11.4 Å². The molecule has 30 heavy (non-hydrogen) atoms. The van der Waals surface area contributed by atoms with Gasteiger partial charge < -0.3 is 10.6 Å². The van der Waals surface area contributed by atoms with Gasteiger partial charge in [-0.1, -0.05) is 35.9 Å². The summed E-state index contributed by atoms with van der Waals surface area (Å²) >= 11 is 7.32. The molecule has 0 saturated carbocycles. The SMILES string of the molecule is Cc1cccc(NC(=O)CSc2ccc(NC(=O)Cc3ccc(Cl)cc3)cc2)c1C. The van der Waals surface area contributed by atoms with Crippen LogP contribution in [0.2, 0.25) is 5.02 Å². The molecule has 0 saturated heterocycles. The maximum atomic E-state index is 12.3. The van der Waals surface area contributed by atoms with Crippen LogP contribution in [0.1, 0.15) is 16.7 Å². The van der Waals surface area contributed by atoms with Crippen molar-refractivity contribution in [3.8, 4) is 0 Å². The van der Waals surface area contributed by atoms with Gasteiger partial charge in [0.15, 0.2) is 0 Å². The van der Waals surface area contributed by atoms with Crippen molar-refractivity contribution in [3.05, 3.63) is 88.4 Å². The zero-order valence-corrected chi connectivity index (χ0v) is 18.4. The van der Waals surface area contributed by atoms with Crippen LogP contribution < -0.4 is 10.6 Å². The molecule has 0 aliphatic rings. The van der Waals surface area contributed by atoms with Crippen molar-refractivity contribution in [2.24, 2.45) is 0 Å². The van der Waals surface area contributed by atoms with Crippen LogP contribution in [0.15, 0.2) is 71.6 Å². The molecule has 2 N–H and O–H groups in total. The molecule has 3 rings (SSSR count). The van der Waals surface area contributed by atoms with Crippen LogP contribution in [0.5, 0.6) is 0 Å². The number of anilines is 2. The van der Waals surface area contributed by atoms with Crippen molar-refractivity contribution in [2.75, 3.05) is 16.4 Å². The number of halogens is 1. The van der Waals surface area contributed by atoms with Gasteiger partial charge in [-0.3, -0.25) is 9.59 Å². The Morgan fingerprint density at radius 1 is 0.867 bits per heavy atom. The fraction of sp³-hybridized carbons (Fsp3) is 0.167. The molecule has 0 atom stereocenters. The van der Waals surface area contributed by atoms with Crippen molar-refractivity contribution < 1.29 is 9.59 Å². The standard InChI is InChI=1S/C24H23ClN2O2S/c1-16-4-3-5-22(17(16)2)27-24(29)15-30-21-12-10-20(11-13-21)26-23(28)14-18-6-8-19(25)9-7-18/h3-13H,14-15H2,1-2H3,(H,26,28)(H,27,29). The van der Waals surface area contributed by atoms with Crippen LogP contribution in [-0.2, 0) is 16.0 Å². The highest BCUT2D eigenvalue weighted by molar-refractivity contribution is 8.00. The molecule has 154 valence electrons. The fourth-order valence-electron chi connectivity index (χ4n) is 2.85. The topological polar surface area (TPSA) is 58.2 Å². The Morgan fingerprint density at radius 3 is 2.27 bits per heavy atom. The molecule has 6 heteroatoms. The molecular weight excluding hydrogens is 416 g/mol. The summed E-state index contributed by atoms with van der Waals surface area (Å²) in [6.07, 6.45) is 0.284. The van der Waals surface area contributed by atoms with Crippen molar-refractivity contribution >= 4 is 46.6 Å². The van der Waals surface area contributed by atoms with E-state index in [1.54, 1.807) is 12.1 Å². The van der Waals surface area contributed by atoms with E-state index in [-0.39, 0.29) is 18.2 Å². The number of thioether (sulfide) groups is 1. The molecule has 0 unspecified atom stereocenters. The summed E-state index contributed by atoms with van der Waals surface area (Å²) in [7, 11) is 0. The minimum Gasteiger partial charge on any atom is -0.326 e. The zero-order valence-electron chi connectivity index (χ0n) is 16.9. The second-order valence-electron chi connectivity index (χ2n) is 6.96. The van der Waals surface area contributed by atoms with Crippen molar-refractivity contribution in [1.29, 1.82) is 0 Å². The molecule has 0 bridgehead atoms. The van der Waals surface area contributed by atoms with Gasteiger partial charge >= 0.3 is 0 Å². The highest BCUT2D eigenvalue weighted by atomic mass is 35.5. The average molecular weight is 439 g/mol. The number of hydrogen-bond donors (Lipinski definition) is 2. The van der Waals surface area contributed by atoms with Crippen molar-refractivity contribution in [3.63, 3.8) is 0 Å². The highest BCUT2D eigenvalue weighted by Gasteiger charge is 2.08. The van der Waals surface area contributed by atoms with E-state index in [4.69, 9.17) is 11.6 Å². The van der Waals surface area contributed by atoms with E-state index in [0.717, 1.165) is 33.0 Å². The lowest BCUT2D eigenvalue weighted by molar-refractivity contribution is -0.115. The largest absolute Gasteiger partial charge is 0.326 e. The number of nitrogens with one attached hydrogen (secondary N) is 2. The smallest absolute Gasteiger partial charge is 0.234 e. The number of rotatable bonds is 7. The number of aryl methyl sites for hydroxylation is 1. The Bertz CT molecular complexity index is 1030. The lowest BCUT2D eigenvalue weighted by Gasteiger charge is -2.10. The number of carbonyl (C=O) groups excluding carboxylic acids is 2. The Morgan fingerprint density at radius 2 is 1.57 bits per heavy atom. The Kier molecular flexibility index (Phi) is 7.55. The number of amides is 2. The summed E-state index contributed by atoms with van der Waals surface area (Å²) < 4.78 is 0. The molecular formula is C24H23ClN2O2S. The van der Waals surface area contributed by atoms with Gasteiger partial charge in [0.25, 0.3) is 0 Å². The summed E-state index contributed by atoms with van der Waals surface area (Å²) in [5.41, 5.74) is 4.69. The molecule has 0 radical (unpaired) electrons. The summed E-state index contributed by atoms with van der Waals surface area (Å²) in [5, 5.41) is 6.49. The van der Waals surface area contributed by atoms with Crippen LogP contribution in [0.3, 0.4) is 0 Å². The number of hydrogen-bond acceptors (Lipinski definition) is 3. The number of benzene rings is 3. The highest BCUT2D eigenvalue weighted by Crippen LogP contribution is 2.22. The second kappa shape index (κ2) is 10.3. The minimum atomic E-state index is -0.0920. The maximum absolute atomic E-state index is 12.3. The van der Waals surface area contributed by atoms with Crippen LogP contribution >= 0.6 is 23.4 Å². The van der Waals surface area contributed by atoms with Gasteiger partial charge in [0.1, 0.15) is 0 Å². The monoisotopic (exact) mass is 438 g/mol. The molecule has 4 nitrogen and oxygen atoms in total. The quantitative estimate of drug-likeness (QED) is 0.453. The number of carbonyl (C=O) groups is 2. The van der Waals surface area contributed by atoms with E-state index >= 15 is 0 Å². The Balaban J connectivity index is 1.48. The second-order valence-corrected chi connectivity index (χ2v) is 8.45. The Hall–Kier alpha value is -2.76. The summed E-state index contributed by atoms with van der Waals surface area (Å²) in [5.74, 6) is 0.176. The van der Waals surface area contributed by atoms with E-state index < -0.39 is 0 Å². The first kappa shape index (κ1) is 21.9. The lowest BCUT2D eigenvalue weighted by Crippen LogP contribution is -2.15. The van der Waals surface area contributed by atoms with E-state index in [0.29, 0.717) is 10.8 Å². The molecule has 3 aromatic rings. The summed E-state index contributed by atoms with van der Waals surface area (Å²) in [6.45, 7) is 4.02. The third-order valence-electron chi connectivity index (χ3n) is 4.66. The fourth-order valence-corrected chi connectivity index (χ4v) is 3.67. The molecule has 0 aliphatic heterocycles. The first-order valence-corrected chi connectivity index (χ1v) is 10.9. The van der Waals surface area contributed by atoms with Gasteiger partial charge in [0.2, 0.25) is 11.8 Å². The van der Waals surface area contributed by atoms with Gasteiger partial charge in [0.05, 0.1) is 12.2 Å². The first-order valence-electron chi connectivity index (χ1n) is 9.54. The third-order valence-corrected chi connectivity index (χ3v) is 5.93. The molecule has 0 aliphatic carbocycles. The van der Waals surface area contributed by atoms with E-state index in [9.17, 15) is 9.59 Å². The van der Waals surface area contributed by atoms with Crippen LogP contribution in [0.25, 0.3) is 0 Å². The lowest BCUT2D eigenvalue weighted by atomic mass is 10.1. The van der Waals surface area contributed by atoms with Gasteiger partial charge in [-0.25, -0.2) is 0 Å². The predicted octanol–water partition coefficient (Wildman–Crippen LogP) is 5.87. The summed E-state index contributed by atoms with van der Waals surface area (Å²) in [6, 6.07) is 20.6. The van der Waals surface area contributed by atoms with Crippen molar-refractivity contribution in [2.45, 2.75) is 25.2 Å². The van der Waals surface area contributed by atoms with Gasteiger partial charge in [-0.2, -0.15) is 0 Å². The zero-order chi connectivity index (χ0) is 21.5. The van der Waals surface area contributed by atoms with Crippen LogP contribution in [0, 0.1) is 13.8 Å². The molecule has 0 aromatic heterocycles. The average Bonchev–Trinajstić information content (AvgIpc) is 2.72. The maximum Gasteiger partial charge on any atom is 0.234 e. The molecule has 2 amide bonds. The normalized spacial score (nSPS) is 10.5. The van der Waals surface area contributed by atoms with Crippen molar-refractivity contribution in [1.82, 2.24) is 0 Å². The van der Waals surface area contributed by atoms with Crippen LogP contribution in [-0.4, -0.2) is 17.6 Å². The predicted molar refractivity (Wildman–Crippen MR) is 125 cm³/mol. The van der Waals surface area contributed by atoms with Gasteiger partial charge in [0, 0.05) is 21.3 Å². The summed E-state index contributed by atoms with van der Waals surface area (Å²) in [4.78, 5) is 25.4. The minimum absolute atomic E-state index is 0.0472.